The van der Waals surface area contributed by atoms with Crippen molar-refractivity contribution in [3.05, 3.63) is 23.0 Å². The molecular weight excluding hydrogens is 280 g/mol. The molecule has 6 heteroatoms. The predicted molar refractivity (Wildman–Crippen MR) is 74.0 cm³/mol. The number of carbonyl (C=O) groups excluding carboxylic acids is 1. The van der Waals surface area contributed by atoms with Gasteiger partial charge in [0.05, 0.1) is 5.02 Å². The minimum atomic E-state index is -0.923. The third kappa shape index (κ3) is 2.42. The Morgan fingerprint density at radius 1 is 1.25 bits per heavy atom. The van der Waals surface area contributed by atoms with Crippen LogP contribution in [0.15, 0.2) is 12.3 Å². The van der Waals surface area contributed by atoms with Gasteiger partial charge >= 0.3 is 5.97 Å². The third-order valence-corrected chi connectivity index (χ3v) is 4.23. The zero-order valence-electron chi connectivity index (χ0n) is 11.1. The monoisotopic (exact) mass is 296 g/mol. The Balaban J connectivity index is 1.89. The first-order valence-electron chi connectivity index (χ1n) is 6.99. The van der Waals surface area contributed by atoms with Crippen LogP contribution in [0.1, 0.15) is 48.6 Å². The van der Waals surface area contributed by atoms with Crippen molar-refractivity contribution in [2.45, 2.75) is 44.2 Å². The van der Waals surface area contributed by atoms with Gasteiger partial charge in [-0.05, 0) is 38.2 Å². The van der Waals surface area contributed by atoms with E-state index < -0.39 is 12.0 Å². The zero-order chi connectivity index (χ0) is 14.3. The molecule has 0 radical (unpaired) electrons. The second-order valence-electron chi connectivity index (χ2n) is 5.53. The van der Waals surface area contributed by atoms with E-state index >= 15 is 0 Å². The molecule has 0 aromatic carbocycles. The van der Waals surface area contributed by atoms with Crippen LogP contribution in [0.25, 0.3) is 0 Å². The number of hydrogen-bond acceptors (Lipinski definition) is 2. The van der Waals surface area contributed by atoms with Crippen LogP contribution in [0.2, 0.25) is 5.02 Å². The average Bonchev–Trinajstić information content (AvgIpc) is 3.21. The molecule has 1 aromatic rings. The van der Waals surface area contributed by atoms with Gasteiger partial charge in [0, 0.05) is 18.8 Å². The number of carboxylic acid groups (broad SMARTS) is 1. The molecule has 1 atom stereocenters. The van der Waals surface area contributed by atoms with Crippen molar-refractivity contribution in [3.63, 3.8) is 0 Å². The molecule has 0 bridgehead atoms. The number of aliphatic carboxylic acids is 1. The van der Waals surface area contributed by atoms with E-state index in [1.807, 2.05) is 4.57 Å². The molecule has 1 saturated heterocycles. The number of hydrogen-bond donors (Lipinski definition) is 1. The number of aromatic nitrogens is 1. The second kappa shape index (κ2) is 5.13. The van der Waals surface area contributed by atoms with E-state index in [9.17, 15) is 14.7 Å². The summed E-state index contributed by atoms with van der Waals surface area (Å²) >= 11 is 6.01. The topological polar surface area (TPSA) is 62.5 Å². The lowest BCUT2D eigenvalue weighted by molar-refractivity contribution is -0.143. The van der Waals surface area contributed by atoms with E-state index in [2.05, 4.69) is 0 Å². The lowest BCUT2D eigenvalue weighted by Crippen LogP contribution is -2.48. The second-order valence-corrected chi connectivity index (χ2v) is 5.97. The largest absolute Gasteiger partial charge is 0.480 e. The summed E-state index contributed by atoms with van der Waals surface area (Å²) < 4.78 is 1.90. The highest BCUT2D eigenvalue weighted by Gasteiger charge is 2.35. The van der Waals surface area contributed by atoms with E-state index in [-0.39, 0.29) is 5.91 Å². The molecule has 2 aliphatic rings. The molecule has 1 saturated carbocycles. The minimum Gasteiger partial charge on any atom is -0.480 e. The molecule has 1 aromatic heterocycles. The molecule has 0 unspecified atom stereocenters. The lowest BCUT2D eigenvalue weighted by atomic mass is 10.0. The van der Waals surface area contributed by atoms with Gasteiger partial charge in [-0.1, -0.05) is 11.6 Å². The number of halogens is 1. The summed E-state index contributed by atoms with van der Waals surface area (Å²) in [7, 11) is 0. The first kappa shape index (κ1) is 13.5. The van der Waals surface area contributed by atoms with Gasteiger partial charge in [0.25, 0.3) is 5.91 Å². The van der Waals surface area contributed by atoms with Crippen molar-refractivity contribution >= 4 is 23.5 Å². The molecule has 1 aliphatic carbocycles. The van der Waals surface area contributed by atoms with Gasteiger partial charge in [0.2, 0.25) is 0 Å². The average molecular weight is 297 g/mol. The number of piperidine rings is 1. The van der Waals surface area contributed by atoms with Gasteiger partial charge in [-0.25, -0.2) is 4.79 Å². The molecule has 2 fully saturated rings. The number of amides is 1. The maximum absolute atomic E-state index is 12.7. The van der Waals surface area contributed by atoms with E-state index in [1.54, 1.807) is 12.3 Å². The molecule has 1 amide bonds. The van der Waals surface area contributed by atoms with Crippen LogP contribution in [-0.2, 0) is 4.79 Å². The van der Waals surface area contributed by atoms with E-state index in [0.717, 1.165) is 25.7 Å². The highest BCUT2D eigenvalue weighted by molar-refractivity contribution is 6.31. The van der Waals surface area contributed by atoms with E-state index in [4.69, 9.17) is 11.6 Å². The maximum atomic E-state index is 12.7. The van der Waals surface area contributed by atoms with Gasteiger partial charge in [-0.2, -0.15) is 0 Å². The van der Waals surface area contributed by atoms with Crippen LogP contribution in [0.3, 0.4) is 0 Å². The van der Waals surface area contributed by atoms with Crippen molar-refractivity contribution < 1.29 is 14.7 Å². The quantitative estimate of drug-likeness (QED) is 0.932. The lowest BCUT2D eigenvalue weighted by Gasteiger charge is -2.33. The van der Waals surface area contributed by atoms with Crippen molar-refractivity contribution in [1.29, 1.82) is 0 Å². The van der Waals surface area contributed by atoms with Crippen molar-refractivity contribution in [1.82, 2.24) is 9.47 Å². The number of likely N-dealkylation sites (tertiary alicyclic amines) is 1. The van der Waals surface area contributed by atoms with Crippen LogP contribution in [-0.4, -0.2) is 39.0 Å². The fraction of sp³-hybridized carbons (Fsp3) is 0.571. The summed E-state index contributed by atoms with van der Waals surface area (Å²) in [6, 6.07) is 1.28. The molecule has 1 aliphatic heterocycles. The van der Waals surface area contributed by atoms with Crippen LogP contribution < -0.4 is 0 Å². The molecule has 3 rings (SSSR count). The van der Waals surface area contributed by atoms with E-state index in [0.29, 0.717) is 29.7 Å². The van der Waals surface area contributed by atoms with Crippen molar-refractivity contribution in [2.24, 2.45) is 0 Å². The Morgan fingerprint density at radius 2 is 2.00 bits per heavy atom. The molecule has 108 valence electrons. The third-order valence-electron chi connectivity index (χ3n) is 4.02. The van der Waals surface area contributed by atoms with Gasteiger partial charge in [-0.3, -0.25) is 4.79 Å². The predicted octanol–water partition coefficient (Wildman–Crippen LogP) is 2.56. The summed E-state index contributed by atoms with van der Waals surface area (Å²) in [6.07, 6.45) is 6.10. The zero-order valence-corrected chi connectivity index (χ0v) is 11.8. The van der Waals surface area contributed by atoms with Gasteiger partial charge in [0.15, 0.2) is 0 Å². The standard InChI is InChI=1S/C14H17ClN2O3/c15-9-7-12(17(8-9)10-4-5-10)13(18)16-6-2-1-3-11(16)14(19)20/h7-8,10-11H,1-6H2,(H,19,20)/t11-/m0/s1. The first-order chi connectivity index (χ1) is 9.58. The fourth-order valence-corrected chi connectivity index (χ4v) is 3.06. The summed E-state index contributed by atoms with van der Waals surface area (Å²) in [5.41, 5.74) is 0.519. The van der Waals surface area contributed by atoms with Crippen molar-refractivity contribution in [2.75, 3.05) is 6.54 Å². The maximum Gasteiger partial charge on any atom is 0.326 e. The van der Waals surface area contributed by atoms with Gasteiger partial charge in [0.1, 0.15) is 11.7 Å². The number of nitrogens with zero attached hydrogens (tertiary/aromatic N) is 2. The normalized spacial score (nSPS) is 22.9. The molecule has 20 heavy (non-hydrogen) atoms. The highest BCUT2D eigenvalue weighted by atomic mass is 35.5. The van der Waals surface area contributed by atoms with Crippen LogP contribution in [0, 0.1) is 0 Å². The SMILES string of the molecule is O=C(O)[C@@H]1CCCCN1C(=O)c1cc(Cl)cn1C1CC1. The van der Waals surface area contributed by atoms with Gasteiger partial charge in [-0.15, -0.1) is 0 Å². The molecule has 5 nitrogen and oxygen atoms in total. The summed E-state index contributed by atoms with van der Waals surface area (Å²) in [4.78, 5) is 25.5. The van der Waals surface area contributed by atoms with Gasteiger partial charge < -0.3 is 14.6 Å². The minimum absolute atomic E-state index is 0.212. The fourth-order valence-electron chi connectivity index (χ4n) is 2.85. The molecule has 2 heterocycles. The summed E-state index contributed by atoms with van der Waals surface area (Å²) in [5.74, 6) is -1.13. The number of carbonyl (C=O) groups is 2. The Kier molecular flexibility index (Phi) is 3.46. The van der Waals surface area contributed by atoms with Crippen LogP contribution >= 0.6 is 11.6 Å². The molecule has 0 spiro atoms. The Morgan fingerprint density at radius 3 is 2.65 bits per heavy atom. The Labute approximate surface area is 122 Å². The first-order valence-corrected chi connectivity index (χ1v) is 7.37. The van der Waals surface area contributed by atoms with Crippen LogP contribution in [0.4, 0.5) is 0 Å². The van der Waals surface area contributed by atoms with E-state index in [1.165, 1.54) is 4.90 Å². The smallest absolute Gasteiger partial charge is 0.326 e. The summed E-state index contributed by atoms with van der Waals surface area (Å²) in [6.45, 7) is 0.503. The molecular formula is C14H17ClN2O3. The van der Waals surface area contributed by atoms with Crippen molar-refractivity contribution in [3.8, 4) is 0 Å². The number of carboxylic acids is 1. The Bertz CT molecular complexity index is 551. The Hall–Kier alpha value is -1.49. The summed E-state index contributed by atoms with van der Waals surface area (Å²) in [5, 5.41) is 9.81. The molecule has 1 N–H and O–H groups in total. The number of rotatable bonds is 3. The van der Waals surface area contributed by atoms with Crippen LogP contribution in [0.5, 0.6) is 0 Å². The highest BCUT2D eigenvalue weighted by Crippen LogP contribution is 2.38.